The monoisotopic (exact) mass is 538 g/mol. The predicted molar refractivity (Wildman–Crippen MR) is 175 cm³/mol. The molecule has 0 bridgehead atoms. The first-order chi connectivity index (χ1) is 19.7. The van der Waals surface area contributed by atoms with Gasteiger partial charge >= 0.3 is 0 Å². The lowest BCUT2D eigenvalue weighted by Gasteiger charge is -2.37. The van der Waals surface area contributed by atoms with E-state index in [4.69, 9.17) is 0 Å². The molecule has 0 aromatic heterocycles. The van der Waals surface area contributed by atoms with Crippen LogP contribution in [0.1, 0.15) is 74.9 Å². The molecule has 0 saturated carbocycles. The summed E-state index contributed by atoms with van der Waals surface area (Å²) in [5, 5.41) is 7.48. The molecule has 0 aliphatic carbocycles. The predicted octanol–water partition coefficient (Wildman–Crippen LogP) is 9.82. The van der Waals surface area contributed by atoms with E-state index in [9.17, 15) is 0 Å². The second-order valence-corrected chi connectivity index (χ2v) is 12.8. The Morgan fingerprint density at radius 1 is 0.537 bits per heavy atom. The van der Waals surface area contributed by atoms with Gasteiger partial charge in [0.2, 0.25) is 0 Å². The lowest BCUT2D eigenvalue weighted by atomic mass is 9.71. The highest BCUT2D eigenvalue weighted by Crippen LogP contribution is 2.45. The maximum Gasteiger partial charge on any atom is 0.0426 e. The minimum atomic E-state index is -0.193. The van der Waals surface area contributed by atoms with Crippen LogP contribution in [0, 0.1) is 11.8 Å². The van der Waals surface area contributed by atoms with E-state index in [1.54, 1.807) is 0 Å². The summed E-state index contributed by atoms with van der Waals surface area (Å²) in [6.07, 6.45) is 5.76. The molecule has 0 saturated heterocycles. The molecule has 2 unspecified atom stereocenters. The van der Waals surface area contributed by atoms with Crippen molar-refractivity contribution in [3.8, 4) is 0 Å². The van der Waals surface area contributed by atoms with Crippen molar-refractivity contribution in [3.63, 3.8) is 0 Å². The van der Waals surface area contributed by atoms with Crippen LogP contribution in [0.3, 0.4) is 0 Å². The van der Waals surface area contributed by atoms with Crippen molar-refractivity contribution in [2.24, 2.45) is 11.8 Å². The van der Waals surface area contributed by atoms with E-state index in [0.717, 1.165) is 6.42 Å². The summed E-state index contributed by atoms with van der Waals surface area (Å²) >= 11 is 0. The van der Waals surface area contributed by atoms with Gasteiger partial charge in [0.05, 0.1) is 0 Å². The maximum absolute atomic E-state index is 3.74. The summed E-state index contributed by atoms with van der Waals surface area (Å²) < 4.78 is 0. The van der Waals surface area contributed by atoms with Crippen molar-refractivity contribution < 1.29 is 0 Å². The first-order valence-electron chi connectivity index (χ1n) is 15.0. The Kier molecular flexibility index (Phi) is 6.90. The number of fused-ring (bicyclic) bond motifs is 2. The maximum atomic E-state index is 3.74. The molecular formula is C39H42N2. The molecule has 2 heteroatoms. The molecule has 4 aromatic rings. The van der Waals surface area contributed by atoms with Gasteiger partial charge in [0, 0.05) is 33.6 Å². The molecule has 6 rings (SSSR count). The van der Waals surface area contributed by atoms with Crippen LogP contribution in [0.5, 0.6) is 0 Å². The first-order valence-corrected chi connectivity index (χ1v) is 15.0. The number of hydrogen-bond acceptors (Lipinski definition) is 2. The average Bonchev–Trinajstić information content (AvgIpc) is 2.98. The van der Waals surface area contributed by atoms with Crippen molar-refractivity contribution in [1.29, 1.82) is 0 Å². The van der Waals surface area contributed by atoms with Crippen LogP contribution in [-0.2, 0) is 17.3 Å². The SMILES string of the molecule is CC(C)C1=CC(C)(c2ccccc2)c2cc(Cc3ccc4c(c3)C(C)(c3ccccc3)C=C(C(C)C)N4)ccc2N1. The highest BCUT2D eigenvalue weighted by atomic mass is 14.9. The van der Waals surface area contributed by atoms with E-state index in [0.29, 0.717) is 11.8 Å². The second kappa shape index (κ2) is 10.4. The molecule has 2 N–H and O–H groups in total. The zero-order valence-electron chi connectivity index (χ0n) is 25.3. The van der Waals surface area contributed by atoms with Crippen LogP contribution in [0.25, 0.3) is 0 Å². The van der Waals surface area contributed by atoms with Crippen molar-refractivity contribution in [2.45, 2.75) is 58.8 Å². The van der Waals surface area contributed by atoms with Crippen molar-refractivity contribution in [1.82, 2.24) is 0 Å². The number of anilines is 2. The zero-order chi connectivity index (χ0) is 28.8. The molecular weight excluding hydrogens is 496 g/mol. The highest BCUT2D eigenvalue weighted by Gasteiger charge is 2.35. The summed E-state index contributed by atoms with van der Waals surface area (Å²) in [6, 6.07) is 35.9. The molecule has 41 heavy (non-hydrogen) atoms. The van der Waals surface area contributed by atoms with Gasteiger partial charge < -0.3 is 10.6 Å². The Hall–Kier alpha value is -4.04. The van der Waals surface area contributed by atoms with Gasteiger partial charge in [-0.05, 0) is 77.6 Å². The largest absolute Gasteiger partial charge is 0.359 e. The molecule has 2 heterocycles. The molecule has 0 amide bonds. The van der Waals surface area contributed by atoms with Gasteiger partial charge in [0.25, 0.3) is 0 Å². The summed E-state index contributed by atoms with van der Waals surface area (Å²) in [5.41, 5.74) is 12.6. The first kappa shape index (κ1) is 27.1. The standard InChI is InChI=1S/C39H42N2/c1-26(2)36-24-38(5,30-13-9-7-10-14-30)32-22-28(17-19-34(32)40-36)21-29-18-20-35-33(23-29)39(6,25-37(41-35)27(3)4)31-15-11-8-12-16-31/h7-20,22-27,40-41H,21H2,1-6H3. The average molecular weight is 539 g/mol. The van der Waals surface area contributed by atoms with Gasteiger partial charge in [0.15, 0.2) is 0 Å². The number of hydrogen-bond donors (Lipinski definition) is 2. The second-order valence-electron chi connectivity index (χ2n) is 12.8. The zero-order valence-corrected chi connectivity index (χ0v) is 25.3. The van der Waals surface area contributed by atoms with Crippen LogP contribution in [-0.4, -0.2) is 0 Å². The van der Waals surface area contributed by atoms with Gasteiger partial charge in [-0.15, -0.1) is 0 Å². The summed E-state index contributed by atoms with van der Waals surface area (Å²) in [5.74, 6) is 0.860. The smallest absolute Gasteiger partial charge is 0.0426 e. The van der Waals surface area contributed by atoms with Crippen LogP contribution >= 0.6 is 0 Å². The van der Waals surface area contributed by atoms with Gasteiger partial charge in [-0.1, -0.05) is 125 Å². The summed E-state index contributed by atoms with van der Waals surface area (Å²) in [7, 11) is 0. The molecule has 0 fully saturated rings. The molecule has 208 valence electrons. The molecule has 4 aromatic carbocycles. The Balaban J connectivity index is 1.40. The fraction of sp³-hybridized carbons (Fsp3) is 0.282. The van der Waals surface area contributed by atoms with Gasteiger partial charge in [-0.2, -0.15) is 0 Å². The Bertz CT molecular complexity index is 1500. The molecule has 2 aliphatic rings. The third kappa shape index (κ3) is 4.90. The Labute approximate surface area is 246 Å². The molecule has 2 nitrogen and oxygen atoms in total. The summed E-state index contributed by atoms with van der Waals surface area (Å²) in [6.45, 7) is 13.8. The van der Waals surface area contributed by atoms with Crippen molar-refractivity contribution in [3.05, 3.63) is 154 Å². The van der Waals surface area contributed by atoms with E-state index in [2.05, 4.69) is 161 Å². The molecule has 2 aliphatic heterocycles. The minimum Gasteiger partial charge on any atom is -0.359 e. The van der Waals surface area contributed by atoms with Gasteiger partial charge in [-0.3, -0.25) is 0 Å². The highest BCUT2D eigenvalue weighted by molar-refractivity contribution is 5.69. The number of benzene rings is 4. The molecule has 0 radical (unpaired) electrons. The van der Waals surface area contributed by atoms with Gasteiger partial charge in [-0.25, -0.2) is 0 Å². The Morgan fingerprint density at radius 3 is 1.29 bits per heavy atom. The molecule has 2 atom stereocenters. The van der Waals surface area contributed by atoms with E-state index < -0.39 is 0 Å². The van der Waals surface area contributed by atoms with Crippen LogP contribution in [0.4, 0.5) is 11.4 Å². The van der Waals surface area contributed by atoms with Crippen LogP contribution < -0.4 is 10.6 Å². The normalized spacial score (nSPS) is 21.4. The fourth-order valence-corrected chi connectivity index (χ4v) is 6.54. The topological polar surface area (TPSA) is 24.1 Å². The number of nitrogens with one attached hydrogen (secondary N) is 2. The molecule has 0 spiro atoms. The lowest BCUT2D eigenvalue weighted by molar-refractivity contribution is 0.668. The van der Waals surface area contributed by atoms with E-state index in [1.165, 1.54) is 56.1 Å². The lowest BCUT2D eigenvalue weighted by Crippen LogP contribution is -2.29. The third-order valence-corrected chi connectivity index (χ3v) is 9.13. The third-order valence-electron chi connectivity index (χ3n) is 9.13. The minimum absolute atomic E-state index is 0.193. The fourth-order valence-electron chi connectivity index (χ4n) is 6.54. The van der Waals surface area contributed by atoms with E-state index in [1.807, 2.05) is 0 Å². The van der Waals surface area contributed by atoms with E-state index >= 15 is 0 Å². The van der Waals surface area contributed by atoms with Crippen LogP contribution in [0.15, 0.2) is 121 Å². The summed E-state index contributed by atoms with van der Waals surface area (Å²) in [4.78, 5) is 0. The number of rotatable bonds is 6. The van der Waals surface area contributed by atoms with E-state index in [-0.39, 0.29) is 10.8 Å². The number of allylic oxidation sites excluding steroid dienone is 4. The Morgan fingerprint density at radius 2 is 0.927 bits per heavy atom. The quantitative estimate of drug-likeness (QED) is 0.255. The van der Waals surface area contributed by atoms with Crippen molar-refractivity contribution in [2.75, 3.05) is 10.6 Å². The van der Waals surface area contributed by atoms with Crippen molar-refractivity contribution >= 4 is 11.4 Å². The van der Waals surface area contributed by atoms with Gasteiger partial charge in [0.1, 0.15) is 0 Å². The van der Waals surface area contributed by atoms with Crippen LogP contribution in [0.2, 0.25) is 0 Å².